The van der Waals surface area contributed by atoms with Crippen LogP contribution in [0.3, 0.4) is 0 Å². The second-order valence-corrected chi connectivity index (χ2v) is 9.35. The van der Waals surface area contributed by atoms with Crippen molar-refractivity contribution < 1.29 is 16.8 Å². The first kappa shape index (κ1) is 15.9. The summed E-state index contributed by atoms with van der Waals surface area (Å²) in [4.78, 5) is 0.0645. The minimum absolute atomic E-state index is 0.00682. The van der Waals surface area contributed by atoms with Gasteiger partial charge in [-0.1, -0.05) is 12.1 Å². The fraction of sp³-hybridized carbons (Fsp3) is 0.462. The molecular weight excluding hydrogens is 312 g/mol. The first-order valence-corrected chi connectivity index (χ1v) is 9.67. The molecule has 21 heavy (non-hydrogen) atoms. The monoisotopic (exact) mass is 328 g/mol. The lowest BCUT2D eigenvalue weighted by atomic mass is 10.0. The molecule has 1 saturated heterocycles. The van der Waals surface area contributed by atoms with Crippen LogP contribution in [0.1, 0.15) is 18.9 Å². The highest BCUT2D eigenvalue weighted by Crippen LogP contribution is 2.25. The maximum atomic E-state index is 12.3. The van der Waals surface area contributed by atoms with Gasteiger partial charge in [-0.3, -0.25) is 0 Å². The van der Waals surface area contributed by atoms with E-state index in [-0.39, 0.29) is 29.2 Å². The molecule has 1 fully saturated rings. The van der Waals surface area contributed by atoms with Gasteiger partial charge in [0.25, 0.3) is 0 Å². The summed E-state index contributed by atoms with van der Waals surface area (Å²) in [5, 5.41) is 8.58. The number of benzene rings is 1. The van der Waals surface area contributed by atoms with Crippen molar-refractivity contribution in [2.45, 2.75) is 30.2 Å². The average Bonchev–Trinajstić information content (AvgIpc) is 2.63. The van der Waals surface area contributed by atoms with Gasteiger partial charge in [-0.2, -0.15) is 5.26 Å². The van der Waals surface area contributed by atoms with E-state index in [2.05, 4.69) is 4.72 Å². The lowest BCUT2D eigenvalue weighted by molar-refractivity contribution is 0.462. The van der Waals surface area contributed by atoms with Gasteiger partial charge in [0.05, 0.1) is 28.9 Å². The zero-order chi connectivity index (χ0) is 15.7. The van der Waals surface area contributed by atoms with Gasteiger partial charge in [-0.05, 0) is 31.0 Å². The molecule has 0 bridgehead atoms. The highest BCUT2D eigenvalue weighted by Gasteiger charge is 2.41. The Hall–Kier alpha value is -1.43. The SMILES string of the molecule is CC1(NS(=O)(=O)c2ccc(CC#N)cc2)CCS(=O)(=O)C1. The highest BCUT2D eigenvalue weighted by atomic mass is 32.2. The summed E-state index contributed by atoms with van der Waals surface area (Å²) in [7, 11) is -6.97. The summed E-state index contributed by atoms with van der Waals surface area (Å²) in [5.74, 6) is -0.196. The second-order valence-electron chi connectivity index (χ2n) is 5.49. The van der Waals surface area contributed by atoms with Crippen LogP contribution in [0.2, 0.25) is 0 Å². The molecule has 8 heteroatoms. The van der Waals surface area contributed by atoms with Crippen molar-refractivity contribution in [2.75, 3.05) is 11.5 Å². The van der Waals surface area contributed by atoms with Gasteiger partial charge < -0.3 is 0 Å². The third kappa shape index (κ3) is 3.81. The van der Waals surface area contributed by atoms with Crippen LogP contribution in [-0.4, -0.2) is 33.9 Å². The molecule has 0 aliphatic carbocycles. The van der Waals surface area contributed by atoms with Crippen molar-refractivity contribution in [3.8, 4) is 6.07 Å². The summed E-state index contributed by atoms with van der Waals surface area (Å²) < 4.78 is 50.1. The maximum Gasteiger partial charge on any atom is 0.241 e. The Kier molecular flexibility index (Phi) is 4.10. The Morgan fingerprint density at radius 3 is 2.43 bits per heavy atom. The van der Waals surface area contributed by atoms with Crippen LogP contribution in [0, 0.1) is 11.3 Å². The van der Waals surface area contributed by atoms with Gasteiger partial charge in [-0.25, -0.2) is 21.6 Å². The van der Waals surface area contributed by atoms with Crippen LogP contribution < -0.4 is 4.72 Å². The standard InChI is InChI=1S/C13H16N2O4S2/c1-13(7-9-20(16,17)10-13)15-21(18,19)12-4-2-11(3-5-12)6-8-14/h2-5,15H,6-7,9-10H2,1H3. The number of hydrogen-bond donors (Lipinski definition) is 1. The number of sulfonamides is 1. The molecule has 1 aromatic carbocycles. The molecule has 6 nitrogen and oxygen atoms in total. The number of nitriles is 1. The second kappa shape index (κ2) is 5.40. The summed E-state index contributed by atoms with van der Waals surface area (Å²) >= 11 is 0. The normalized spacial score (nSPS) is 24.6. The third-order valence-electron chi connectivity index (χ3n) is 3.40. The van der Waals surface area contributed by atoms with E-state index in [4.69, 9.17) is 5.26 Å². The fourth-order valence-corrected chi connectivity index (χ4v) is 5.97. The quantitative estimate of drug-likeness (QED) is 0.872. The zero-order valence-corrected chi connectivity index (χ0v) is 13.2. The topological polar surface area (TPSA) is 104 Å². The molecule has 1 atom stereocenters. The van der Waals surface area contributed by atoms with Crippen LogP contribution in [0.15, 0.2) is 29.2 Å². The minimum Gasteiger partial charge on any atom is -0.229 e. The van der Waals surface area contributed by atoms with Gasteiger partial charge in [0.1, 0.15) is 0 Å². The molecular formula is C13H16N2O4S2. The lowest BCUT2D eigenvalue weighted by Crippen LogP contribution is -2.46. The van der Waals surface area contributed by atoms with Crippen LogP contribution in [0.25, 0.3) is 0 Å². The number of nitrogens with zero attached hydrogens (tertiary/aromatic N) is 1. The maximum absolute atomic E-state index is 12.3. The molecule has 1 unspecified atom stereocenters. The van der Waals surface area contributed by atoms with E-state index in [1.54, 1.807) is 19.1 Å². The van der Waals surface area contributed by atoms with Crippen molar-refractivity contribution in [3.05, 3.63) is 29.8 Å². The first-order valence-electron chi connectivity index (χ1n) is 6.36. The van der Waals surface area contributed by atoms with Crippen molar-refractivity contribution >= 4 is 19.9 Å². The van der Waals surface area contributed by atoms with Crippen molar-refractivity contribution in [2.24, 2.45) is 0 Å². The molecule has 1 aromatic rings. The van der Waals surface area contributed by atoms with Gasteiger partial charge in [0.15, 0.2) is 9.84 Å². The molecule has 1 aliphatic rings. The first-order chi connectivity index (χ1) is 9.66. The number of nitrogens with one attached hydrogen (secondary N) is 1. The Morgan fingerprint density at radius 1 is 1.33 bits per heavy atom. The van der Waals surface area contributed by atoms with Gasteiger partial charge >= 0.3 is 0 Å². The summed E-state index contributed by atoms with van der Waals surface area (Å²) in [6.45, 7) is 1.60. The number of hydrogen-bond acceptors (Lipinski definition) is 5. The largest absolute Gasteiger partial charge is 0.241 e. The molecule has 1 heterocycles. The molecule has 0 amide bonds. The van der Waals surface area contributed by atoms with Crippen molar-refractivity contribution in [1.82, 2.24) is 4.72 Å². The Labute approximate surface area is 124 Å². The smallest absolute Gasteiger partial charge is 0.229 e. The molecule has 1 N–H and O–H groups in total. The predicted octanol–water partition coefficient (Wildman–Crippen LogP) is 0.608. The number of sulfone groups is 1. The van der Waals surface area contributed by atoms with E-state index in [1.807, 2.05) is 6.07 Å². The molecule has 114 valence electrons. The minimum atomic E-state index is -3.78. The van der Waals surface area contributed by atoms with E-state index in [0.717, 1.165) is 5.56 Å². The van der Waals surface area contributed by atoms with Gasteiger partial charge in [-0.15, -0.1) is 0 Å². The molecule has 1 aliphatic heterocycles. The molecule has 0 radical (unpaired) electrons. The fourth-order valence-electron chi connectivity index (χ4n) is 2.35. The molecule has 0 aromatic heterocycles. The third-order valence-corrected chi connectivity index (χ3v) is 6.96. The Bertz CT molecular complexity index is 776. The van der Waals surface area contributed by atoms with Gasteiger partial charge in [0, 0.05) is 5.54 Å². The van der Waals surface area contributed by atoms with E-state index in [9.17, 15) is 16.8 Å². The summed E-state index contributed by atoms with van der Waals surface area (Å²) in [6.07, 6.45) is 0.477. The van der Waals surface area contributed by atoms with Gasteiger partial charge in [0.2, 0.25) is 10.0 Å². The average molecular weight is 328 g/mol. The predicted molar refractivity (Wildman–Crippen MR) is 77.8 cm³/mol. The Morgan fingerprint density at radius 2 is 1.95 bits per heavy atom. The zero-order valence-electron chi connectivity index (χ0n) is 11.5. The van der Waals surface area contributed by atoms with Crippen molar-refractivity contribution in [3.63, 3.8) is 0 Å². The van der Waals surface area contributed by atoms with Crippen LogP contribution in [-0.2, 0) is 26.3 Å². The molecule has 0 saturated carbocycles. The van der Waals surface area contributed by atoms with Crippen molar-refractivity contribution in [1.29, 1.82) is 5.26 Å². The van der Waals surface area contributed by atoms with E-state index < -0.39 is 25.4 Å². The summed E-state index contributed by atoms with van der Waals surface area (Å²) in [6, 6.07) is 7.97. The molecule has 0 spiro atoms. The van der Waals surface area contributed by atoms with E-state index >= 15 is 0 Å². The highest BCUT2D eigenvalue weighted by molar-refractivity contribution is 7.92. The summed E-state index contributed by atoms with van der Waals surface area (Å²) in [5.41, 5.74) is -0.241. The number of rotatable bonds is 4. The van der Waals surface area contributed by atoms with Crippen LogP contribution >= 0.6 is 0 Å². The van der Waals surface area contributed by atoms with E-state index in [1.165, 1.54) is 12.1 Å². The van der Waals surface area contributed by atoms with Crippen LogP contribution in [0.4, 0.5) is 0 Å². The lowest BCUT2D eigenvalue weighted by Gasteiger charge is -2.23. The molecule has 2 rings (SSSR count). The Balaban J connectivity index is 2.21. The van der Waals surface area contributed by atoms with Crippen LogP contribution in [0.5, 0.6) is 0 Å². The van der Waals surface area contributed by atoms with E-state index in [0.29, 0.717) is 0 Å².